The van der Waals surface area contributed by atoms with Gasteiger partial charge in [0.2, 0.25) is 5.91 Å². The maximum atomic E-state index is 13.0. The number of urea groups is 1. The Hall–Kier alpha value is -2.28. The molecule has 0 aromatic heterocycles. The lowest BCUT2D eigenvalue weighted by Crippen LogP contribution is -2.47. The van der Waals surface area contributed by atoms with Crippen molar-refractivity contribution in [2.24, 2.45) is 5.41 Å². The number of halogens is 1. The summed E-state index contributed by atoms with van der Waals surface area (Å²) in [6, 6.07) is 6.72. The zero-order valence-corrected chi connectivity index (χ0v) is 15.8. The third-order valence-corrected chi connectivity index (χ3v) is 5.14. The van der Waals surface area contributed by atoms with Crippen molar-refractivity contribution in [3.8, 4) is 0 Å². The van der Waals surface area contributed by atoms with Gasteiger partial charge >= 0.3 is 6.03 Å². The van der Waals surface area contributed by atoms with Crippen molar-refractivity contribution in [3.63, 3.8) is 0 Å². The van der Waals surface area contributed by atoms with Gasteiger partial charge in [-0.2, -0.15) is 0 Å². The molecule has 4 amide bonds. The summed E-state index contributed by atoms with van der Waals surface area (Å²) in [5.41, 5.74) is 0.0466. The predicted molar refractivity (Wildman–Crippen MR) is 98.1 cm³/mol. The Balaban J connectivity index is 1.87. The molecule has 2 fully saturated rings. The predicted octanol–water partition coefficient (Wildman–Crippen LogP) is 1.29. The Morgan fingerprint density at radius 3 is 2.50 bits per heavy atom. The highest BCUT2D eigenvalue weighted by molar-refractivity contribution is 6.30. The van der Waals surface area contributed by atoms with Gasteiger partial charge < -0.3 is 20.0 Å². The molecule has 2 heterocycles. The second-order valence-electron chi connectivity index (χ2n) is 7.29. The van der Waals surface area contributed by atoms with Gasteiger partial charge in [-0.05, 0) is 18.2 Å². The minimum atomic E-state index is -0.465. The second kappa shape index (κ2) is 7.15. The minimum absolute atomic E-state index is 0.0423. The highest BCUT2D eigenvalue weighted by Gasteiger charge is 2.45. The summed E-state index contributed by atoms with van der Waals surface area (Å²) >= 11 is 6.02. The first-order chi connectivity index (χ1) is 12.3. The van der Waals surface area contributed by atoms with Crippen LogP contribution in [0.15, 0.2) is 24.3 Å². The summed E-state index contributed by atoms with van der Waals surface area (Å²) < 4.78 is 0. The molecule has 2 aliphatic rings. The molecule has 140 valence electrons. The number of nitrogens with one attached hydrogen (secondary N) is 1. The Kier molecular flexibility index (Phi) is 5.09. The normalized spacial score (nSPS) is 23.0. The SMILES string of the molecule is CN(C)C(=O)N1CCN(C(=O)c2cccc(Cl)c2)C[C@]2(CNC(=O)C2)C1. The summed E-state index contributed by atoms with van der Waals surface area (Å²) in [5, 5.41) is 3.36. The summed E-state index contributed by atoms with van der Waals surface area (Å²) in [6.45, 7) is 2.18. The summed E-state index contributed by atoms with van der Waals surface area (Å²) in [6.07, 6.45) is 0.309. The molecule has 0 radical (unpaired) electrons. The van der Waals surface area contributed by atoms with Crippen molar-refractivity contribution >= 4 is 29.4 Å². The molecule has 2 saturated heterocycles. The van der Waals surface area contributed by atoms with E-state index in [1.807, 2.05) is 0 Å². The van der Waals surface area contributed by atoms with Crippen molar-refractivity contribution in [2.45, 2.75) is 6.42 Å². The zero-order chi connectivity index (χ0) is 18.9. The van der Waals surface area contributed by atoms with Crippen LogP contribution in [0, 0.1) is 5.41 Å². The van der Waals surface area contributed by atoms with Crippen LogP contribution >= 0.6 is 11.6 Å². The van der Waals surface area contributed by atoms with Crippen molar-refractivity contribution in [3.05, 3.63) is 34.9 Å². The molecule has 26 heavy (non-hydrogen) atoms. The summed E-state index contributed by atoms with van der Waals surface area (Å²) in [7, 11) is 3.40. The lowest BCUT2D eigenvalue weighted by molar-refractivity contribution is -0.119. The van der Waals surface area contributed by atoms with Crippen LogP contribution < -0.4 is 5.32 Å². The van der Waals surface area contributed by atoms with E-state index in [4.69, 9.17) is 11.6 Å². The molecule has 8 heteroatoms. The number of carbonyl (C=O) groups is 3. The highest BCUT2D eigenvalue weighted by Crippen LogP contribution is 2.31. The molecule has 1 N–H and O–H groups in total. The summed E-state index contributed by atoms with van der Waals surface area (Å²) in [5.74, 6) is -0.176. The van der Waals surface area contributed by atoms with E-state index in [9.17, 15) is 14.4 Å². The maximum absolute atomic E-state index is 13.0. The number of rotatable bonds is 1. The van der Waals surface area contributed by atoms with Crippen LogP contribution in [-0.4, -0.2) is 79.4 Å². The molecule has 0 saturated carbocycles. The van der Waals surface area contributed by atoms with Crippen molar-refractivity contribution in [2.75, 3.05) is 46.8 Å². The van der Waals surface area contributed by atoms with E-state index in [1.54, 1.807) is 48.2 Å². The van der Waals surface area contributed by atoms with Gasteiger partial charge in [-0.25, -0.2) is 4.79 Å². The average Bonchev–Trinajstić information content (AvgIpc) is 2.85. The van der Waals surface area contributed by atoms with Crippen LogP contribution in [0.5, 0.6) is 0 Å². The second-order valence-corrected chi connectivity index (χ2v) is 7.73. The molecule has 0 aliphatic carbocycles. The largest absolute Gasteiger partial charge is 0.355 e. The van der Waals surface area contributed by atoms with Gasteiger partial charge in [0, 0.05) is 69.2 Å². The molecule has 3 rings (SSSR count). The molecule has 1 aromatic rings. The third kappa shape index (κ3) is 3.77. The van der Waals surface area contributed by atoms with Gasteiger partial charge in [-0.1, -0.05) is 17.7 Å². The summed E-state index contributed by atoms with van der Waals surface area (Å²) in [4.78, 5) is 42.3. The molecule has 0 bridgehead atoms. The molecule has 0 unspecified atom stereocenters. The number of nitrogens with zero attached hydrogens (tertiary/aromatic N) is 3. The van der Waals surface area contributed by atoms with Crippen molar-refractivity contribution in [1.29, 1.82) is 0 Å². The van der Waals surface area contributed by atoms with Gasteiger partial charge in [-0.15, -0.1) is 0 Å². The molecule has 7 nitrogen and oxygen atoms in total. The molecule has 1 atom stereocenters. The molecular weight excluding hydrogens is 356 g/mol. The van der Waals surface area contributed by atoms with E-state index in [0.717, 1.165) is 0 Å². The number of hydrogen-bond acceptors (Lipinski definition) is 3. The smallest absolute Gasteiger partial charge is 0.319 e. The third-order valence-electron chi connectivity index (χ3n) is 4.90. The lowest BCUT2D eigenvalue weighted by atomic mass is 9.86. The van der Waals surface area contributed by atoms with Crippen LogP contribution in [0.1, 0.15) is 16.8 Å². The van der Waals surface area contributed by atoms with Gasteiger partial charge in [0.25, 0.3) is 5.91 Å². The van der Waals surface area contributed by atoms with Gasteiger partial charge in [0.05, 0.1) is 0 Å². The molecular formula is C18H23ClN4O3. The topological polar surface area (TPSA) is 73.0 Å². The maximum Gasteiger partial charge on any atom is 0.319 e. The van der Waals surface area contributed by atoms with Crippen LogP contribution in [0.3, 0.4) is 0 Å². The zero-order valence-electron chi connectivity index (χ0n) is 15.0. The first kappa shape index (κ1) is 18.5. The Labute approximate surface area is 157 Å². The van der Waals surface area contributed by atoms with Crippen molar-refractivity contribution in [1.82, 2.24) is 20.0 Å². The van der Waals surface area contributed by atoms with E-state index in [1.165, 1.54) is 4.90 Å². The van der Waals surface area contributed by atoms with E-state index < -0.39 is 5.41 Å². The van der Waals surface area contributed by atoms with Gasteiger partial charge in [0.15, 0.2) is 0 Å². The fourth-order valence-corrected chi connectivity index (χ4v) is 3.85. The molecule has 1 aromatic carbocycles. The fraction of sp³-hybridized carbons (Fsp3) is 0.500. The van der Waals surface area contributed by atoms with Crippen LogP contribution in [-0.2, 0) is 4.79 Å². The van der Waals surface area contributed by atoms with E-state index in [0.29, 0.717) is 49.7 Å². The monoisotopic (exact) mass is 378 g/mol. The quantitative estimate of drug-likeness (QED) is 0.800. The van der Waals surface area contributed by atoms with Crippen LogP contribution in [0.2, 0.25) is 5.02 Å². The first-order valence-electron chi connectivity index (χ1n) is 8.57. The first-order valence-corrected chi connectivity index (χ1v) is 8.95. The number of hydrogen-bond donors (Lipinski definition) is 1. The minimum Gasteiger partial charge on any atom is -0.355 e. The lowest BCUT2D eigenvalue weighted by Gasteiger charge is -2.33. The van der Waals surface area contributed by atoms with Crippen LogP contribution in [0.25, 0.3) is 0 Å². The van der Waals surface area contributed by atoms with Crippen LogP contribution in [0.4, 0.5) is 4.79 Å². The fourth-order valence-electron chi connectivity index (χ4n) is 3.66. The Morgan fingerprint density at radius 1 is 1.19 bits per heavy atom. The van der Waals surface area contributed by atoms with E-state index in [-0.39, 0.29) is 17.8 Å². The molecule has 2 aliphatic heterocycles. The van der Waals surface area contributed by atoms with Gasteiger partial charge in [-0.3, -0.25) is 9.59 Å². The standard InChI is InChI=1S/C18H23ClN4O3/c1-21(2)17(26)23-7-6-22(11-18(12-23)9-15(24)20-10-18)16(25)13-4-3-5-14(19)8-13/h3-5,8H,6-7,9-12H2,1-2H3,(H,20,24)/t18-/m0/s1. The number of carbonyl (C=O) groups excluding carboxylic acids is 3. The molecule has 1 spiro atoms. The number of amides is 4. The van der Waals surface area contributed by atoms with E-state index in [2.05, 4.69) is 5.32 Å². The highest BCUT2D eigenvalue weighted by atomic mass is 35.5. The van der Waals surface area contributed by atoms with E-state index >= 15 is 0 Å². The van der Waals surface area contributed by atoms with Gasteiger partial charge in [0.1, 0.15) is 0 Å². The Bertz CT molecular complexity index is 739. The average molecular weight is 379 g/mol. The Morgan fingerprint density at radius 2 is 1.88 bits per heavy atom. The van der Waals surface area contributed by atoms with Crippen molar-refractivity contribution < 1.29 is 14.4 Å². The number of benzene rings is 1.